The summed E-state index contributed by atoms with van der Waals surface area (Å²) in [6.45, 7) is 0. The number of rotatable bonds is 15. The van der Waals surface area contributed by atoms with Crippen LogP contribution in [0, 0.1) is 0 Å². The largest absolute Gasteiger partial charge is 0.481 e. The van der Waals surface area contributed by atoms with E-state index in [1.807, 2.05) is 30.4 Å². The molecule has 0 amide bonds. The van der Waals surface area contributed by atoms with Gasteiger partial charge in [-0.3, -0.25) is 9.59 Å². The molecule has 3 N–H and O–H groups in total. The summed E-state index contributed by atoms with van der Waals surface area (Å²) < 4.78 is 0. The molecule has 0 saturated heterocycles. The molecular formula is C20H30O5. The maximum Gasteiger partial charge on any atom is 0.303 e. The topological polar surface area (TPSA) is 94.8 Å². The van der Waals surface area contributed by atoms with Gasteiger partial charge in [-0.1, -0.05) is 48.6 Å². The van der Waals surface area contributed by atoms with Gasteiger partial charge >= 0.3 is 11.9 Å². The summed E-state index contributed by atoms with van der Waals surface area (Å²) in [7, 11) is 0. The van der Waals surface area contributed by atoms with Crippen molar-refractivity contribution < 1.29 is 24.9 Å². The standard InChI is InChI=1S/C20H30O5/c21-18(15-12-13-17-20(24)25)14-10-8-6-4-2-1-3-5-7-9-11-16-19(22)23/h1-2,5-8,10,14,18,21H,3-4,9,11-13,15-17H2,(H,22,23)(H,24,25)/b2-1-,7-5-,8-6-,14-10+. The van der Waals surface area contributed by atoms with Crippen molar-refractivity contribution in [3.05, 3.63) is 48.6 Å². The number of unbranched alkanes of at least 4 members (excludes halogenated alkanes) is 2. The molecule has 0 aromatic heterocycles. The van der Waals surface area contributed by atoms with Gasteiger partial charge in [0.1, 0.15) is 0 Å². The van der Waals surface area contributed by atoms with Crippen LogP contribution in [0.4, 0.5) is 0 Å². The highest BCUT2D eigenvalue weighted by Crippen LogP contribution is 2.05. The van der Waals surface area contributed by atoms with Gasteiger partial charge in [-0.25, -0.2) is 0 Å². The Balaban J connectivity index is 3.61. The average Bonchev–Trinajstić information content (AvgIpc) is 2.55. The average molecular weight is 350 g/mol. The van der Waals surface area contributed by atoms with Crippen LogP contribution in [0.25, 0.3) is 0 Å². The van der Waals surface area contributed by atoms with Gasteiger partial charge in [-0.2, -0.15) is 0 Å². The van der Waals surface area contributed by atoms with Crippen LogP contribution in [0.2, 0.25) is 0 Å². The van der Waals surface area contributed by atoms with Crippen molar-refractivity contribution in [2.24, 2.45) is 0 Å². The van der Waals surface area contributed by atoms with E-state index in [4.69, 9.17) is 10.2 Å². The van der Waals surface area contributed by atoms with Crippen LogP contribution in [-0.4, -0.2) is 33.4 Å². The lowest BCUT2D eigenvalue weighted by atomic mass is 10.1. The Kier molecular flexibility index (Phi) is 15.3. The third-order valence-corrected chi connectivity index (χ3v) is 3.36. The van der Waals surface area contributed by atoms with Crippen molar-refractivity contribution in [1.82, 2.24) is 0 Å². The van der Waals surface area contributed by atoms with E-state index in [1.165, 1.54) is 0 Å². The summed E-state index contributed by atoms with van der Waals surface area (Å²) in [5.74, 6) is -1.55. The fourth-order valence-corrected chi connectivity index (χ4v) is 2.01. The van der Waals surface area contributed by atoms with Crippen LogP contribution in [0.3, 0.4) is 0 Å². The minimum absolute atomic E-state index is 0.153. The first-order valence-electron chi connectivity index (χ1n) is 8.77. The van der Waals surface area contributed by atoms with Gasteiger partial charge in [0.25, 0.3) is 0 Å². The number of allylic oxidation sites excluding steroid dienone is 7. The molecule has 5 nitrogen and oxygen atoms in total. The van der Waals surface area contributed by atoms with Crippen molar-refractivity contribution in [3.63, 3.8) is 0 Å². The fraction of sp³-hybridized carbons (Fsp3) is 0.500. The molecule has 0 heterocycles. The molecule has 0 bridgehead atoms. The first-order chi connectivity index (χ1) is 12.0. The number of carboxylic acids is 2. The molecule has 5 heteroatoms. The molecule has 0 aliphatic heterocycles. The highest BCUT2D eigenvalue weighted by molar-refractivity contribution is 5.66. The van der Waals surface area contributed by atoms with E-state index in [0.29, 0.717) is 25.7 Å². The number of aliphatic hydroxyl groups excluding tert-OH is 1. The minimum atomic E-state index is -0.797. The van der Waals surface area contributed by atoms with E-state index in [0.717, 1.165) is 19.3 Å². The Morgan fingerprint density at radius 2 is 1.36 bits per heavy atom. The van der Waals surface area contributed by atoms with Gasteiger partial charge in [0, 0.05) is 12.8 Å². The number of aliphatic carboxylic acids is 2. The van der Waals surface area contributed by atoms with Crippen molar-refractivity contribution in [3.8, 4) is 0 Å². The van der Waals surface area contributed by atoms with Crippen molar-refractivity contribution in [2.45, 2.75) is 63.9 Å². The Hall–Kier alpha value is -2.14. The highest BCUT2D eigenvalue weighted by atomic mass is 16.4. The normalized spacial score (nSPS) is 13.5. The third kappa shape index (κ3) is 19.8. The molecule has 0 rings (SSSR count). The number of carboxylic acid groups (broad SMARTS) is 2. The first kappa shape index (κ1) is 22.9. The summed E-state index contributed by atoms with van der Waals surface area (Å²) in [4.78, 5) is 20.7. The Bertz CT molecular complexity index is 474. The third-order valence-electron chi connectivity index (χ3n) is 3.36. The maximum absolute atomic E-state index is 10.3. The number of aliphatic hydroxyl groups is 1. The molecule has 25 heavy (non-hydrogen) atoms. The molecule has 0 aromatic rings. The van der Waals surface area contributed by atoms with Gasteiger partial charge in [-0.15, -0.1) is 0 Å². The number of hydrogen-bond acceptors (Lipinski definition) is 3. The summed E-state index contributed by atoms with van der Waals surface area (Å²) in [5, 5.41) is 26.7. The molecule has 1 atom stereocenters. The minimum Gasteiger partial charge on any atom is -0.481 e. The Labute approximate surface area is 150 Å². The molecule has 0 spiro atoms. The summed E-state index contributed by atoms with van der Waals surface area (Å²) in [6.07, 6.45) is 20.4. The Morgan fingerprint density at radius 1 is 0.760 bits per heavy atom. The molecule has 0 aromatic carbocycles. The van der Waals surface area contributed by atoms with Crippen molar-refractivity contribution in [1.29, 1.82) is 0 Å². The molecule has 0 aliphatic rings. The molecule has 0 aliphatic carbocycles. The molecule has 0 fully saturated rings. The molecule has 1 unspecified atom stereocenters. The fourth-order valence-electron chi connectivity index (χ4n) is 2.01. The highest BCUT2D eigenvalue weighted by Gasteiger charge is 2.00. The van der Waals surface area contributed by atoms with Gasteiger partial charge in [0.15, 0.2) is 0 Å². The predicted molar refractivity (Wildman–Crippen MR) is 99.4 cm³/mol. The second kappa shape index (κ2) is 16.7. The monoisotopic (exact) mass is 350 g/mol. The van der Waals surface area contributed by atoms with E-state index in [-0.39, 0.29) is 12.8 Å². The van der Waals surface area contributed by atoms with Gasteiger partial charge in [-0.05, 0) is 44.9 Å². The zero-order valence-electron chi connectivity index (χ0n) is 14.7. The Morgan fingerprint density at radius 3 is 2.04 bits per heavy atom. The molecule has 0 radical (unpaired) electrons. The van der Waals surface area contributed by atoms with Crippen LogP contribution in [-0.2, 0) is 9.59 Å². The quantitative estimate of drug-likeness (QED) is 0.233. The summed E-state index contributed by atoms with van der Waals surface area (Å²) in [6, 6.07) is 0. The van der Waals surface area contributed by atoms with E-state index < -0.39 is 18.0 Å². The second-order valence-corrected chi connectivity index (χ2v) is 5.72. The van der Waals surface area contributed by atoms with E-state index in [9.17, 15) is 14.7 Å². The lowest BCUT2D eigenvalue weighted by Gasteiger charge is -2.03. The zero-order chi connectivity index (χ0) is 18.8. The van der Waals surface area contributed by atoms with Crippen LogP contribution in [0.15, 0.2) is 48.6 Å². The number of carbonyl (C=O) groups is 2. The van der Waals surface area contributed by atoms with Crippen molar-refractivity contribution in [2.75, 3.05) is 0 Å². The van der Waals surface area contributed by atoms with Gasteiger partial charge < -0.3 is 15.3 Å². The van der Waals surface area contributed by atoms with Crippen LogP contribution >= 0.6 is 0 Å². The van der Waals surface area contributed by atoms with E-state index >= 15 is 0 Å². The second-order valence-electron chi connectivity index (χ2n) is 5.72. The van der Waals surface area contributed by atoms with Gasteiger partial charge in [0.2, 0.25) is 0 Å². The van der Waals surface area contributed by atoms with E-state index in [2.05, 4.69) is 6.08 Å². The van der Waals surface area contributed by atoms with E-state index in [1.54, 1.807) is 12.2 Å². The predicted octanol–water partition coefficient (Wildman–Crippen LogP) is 4.25. The van der Waals surface area contributed by atoms with Crippen LogP contribution < -0.4 is 0 Å². The SMILES string of the molecule is O=C(O)CCC/C=C\C/C=C\C/C=C\C=C\C(O)CCCCC(=O)O. The molecule has 140 valence electrons. The molecular weight excluding hydrogens is 320 g/mol. The maximum atomic E-state index is 10.3. The first-order valence-corrected chi connectivity index (χ1v) is 8.77. The molecule has 0 saturated carbocycles. The smallest absolute Gasteiger partial charge is 0.303 e. The van der Waals surface area contributed by atoms with Gasteiger partial charge in [0.05, 0.1) is 6.10 Å². The lowest BCUT2D eigenvalue weighted by Crippen LogP contribution is -2.02. The lowest BCUT2D eigenvalue weighted by molar-refractivity contribution is -0.138. The zero-order valence-corrected chi connectivity index (χ0v) is 14.7. The van der Waals surface area contributed by atoms with Crippen molar-refractivity contribution >= 4 is 11.9 Å². The van der Waals surface area contributed by atoms with Crippen LogP contribution in [0.1, 0.15) is 57.8 Å². The summed E-state index contributed by atoms with van der Waals surface area (Å²) in [5.41, 5.74) is 0. The summed E-state index contributed by atoms with van der Waals surface area (Å²) >= 11 is 0. The number of hydrogen-bond donors (Lipinski definition) is 3. The van der Waals surface area contributed by atoms with Crippen LogP contribution in [0.5, 0.6) is 0 Å².